The molecular weight excluding hydrogens is 236 g/mol. The second kappa shape index (κ2) is 2.59. The normalized spacial score (nSPS) is 42.7. The van der Waals surface area contributed by atoms with E-state index in [1.54, 1.807) is 0 Å². The third kappa shape index (κ3) is 0.858. The standard InChI is InChI=1S/C13H14O3S/c1-13(2)9-10-7-5-3-4-6-8(7)11(16-10)12(9)17(13,14)15/h3-6,9-12H,1-2H3/t9-,10+,11+,12-/m1/s1. The fourth-order valence-corrected chi connectivity index (χ4v) is 6.34. The SMILES string of the molecule is CC1(C)[C@H]2[C@H]([C@H]3O[C@H]2c2ccccc23)S1(=O)=O. The second-order valence-corrected chi connectivity index (χ2v) is 8.43. The smallest absolute Gasteiger partial charge is 0.162 e. The van der Waals surface area contributed by atoms with Crippen LogP contribution < -0.4 is 0 Å². The molecule has 3 heterocycles. The molecule has 4 atom stereocenters. The lowest BCUT2D eigenvalue weighted by molar-refractivity contribution is 0.0582. The van der Waals surface area contributed by atoms with E-state index in [4.69, 9.17) is 4.74 Å². The first-order chi connectivity index (χ1) is 7.96. The largest absolute Gasteiger partial charge is 0.364 e. The Morgan fingerprint density at radius 1 is 1.12 bits per heavy atom. The van der Waals surface area contributed by atoms with Gasteiger partial charge in [-0.3, -0.25) is 0 Å². The summed E-state index contributed by atoms with van der Waals surface area (Å²) in [6.45, 7) is 3.66. The Labute approximate surface area is 101 Å². The summed E-state index contributed by atoms with van der Waals surface area (Å²) in [7, 11) is -3.04. The van der Waals surface area contributed by atoms with Gasteiger partial charge in [0.2, 0.25) is 0 Å². The highest BCUT2D eigenvalue weighted by Gasteiger charge is 2.73. The van der Waals surface area contributed by atoms with Gasteiger partial charge in [0.05, 0.1) is 16.1 Å². The van der Waals surface area contributed by atoms with Crippen LogP contribution in [0.5, 0.6) is 0 Å². The van der Waals surface area contributed by atoms with Crippen LogP contribution in [0.25, 0.3) is 0 Å². The third-order valence-corrected chi connectivity index (χ3v) is 7.77. The van der Waals surface area contributed by atoms with Gasteiger partial charge in [-0.2, -0.15) is 0 Å². The van der Waals surface area contributed by atoms with E-state index in [1.165, 1.54) is 5.56 Å². The van der Waals surface area contributed by atoms with Crippen LogP contribution >= 0.6 is 0 Å². The van der Waals surface area contributed by atoms with Gasteiger partial charge in [-0.1, -0.05) is 24.3 Å². The summed E-state index contributed by atoms with van der Waals surface area (Å²) < 4.78 is 29.8. The summed E-state index contributed by atoms with van der Waals surface area (Å²) in [4.78, 5) is 0. The Balaban J connectivity index is 1.94. The number of benzene rings is 1. The lowest BCUT2D eigenvalue weighted by atomic mass is 9.76. The summed E-state index contributed by atoms with van der Waals surface area (Å²) in [5.74, 6) is 0.132. The predicted octanol–water partition coefficient (Wildman–Crippen LogP) is 2.00. The van der Waals surface area contributed by atoms with Crippen LogP contribution in [0.3, 0.4) is 0 Å². The van der Waals surface area contributed by atoms with Crippen LogP contribution in [0.4, 0.5) is 0 Å². The molecule has 4 heteroatoms. The maximum Gasteiger partial charge on any atom is 0.162 e. The molecule has 4 rings (SSSR count). The molecule has 1 aromatic carbocycles. The van der Waals surface area contributed by atoms with Crippen molar-refractivity contribution in [1.29, 1.82) is 0 Å². The minimum absolute atomic E-state index is 0.0141. The van der Waals surface area contributed by atoms with Gasteiger partial charge in [-0.05, 0) is 25.0 Å². The molecule has 2 bridgehead atoms. The summed E-state index contributed by atoms with van der Waals surface area (Å²) in [5, 5.41) is -0.308. The molecule has 2 saturated heterocycles. The predicted molar refractivity (Wildman–Crippen MR) is 63.3 cm³/mol. The summed E-state index contributed by atoms with van der Waals surface area (Å²) in [6.07, 6.45) is -0.237. The number of sulfone groups is 1. The average Bonchev–Trinajstić information content (AvgIpc) is 2.84. The van der Waals surface area contributed by atoms with E-state index >= 15 is 0 Å². The average molecular weight is 250 g/mol. The van der Waals surface area contributed by atoms with Crippen LogP contribution in [0.15, 0.2) is 24.3 Å². The van der Waals surface area contributed by atoms with E-state index < -0.39 is 14.6 Å². The fourth-order valence-electron chi connectivity index (χ4n) is 3.81. The van der Waals surface area contributed by atoms with Gasteiger partial charge in [-0.15, -0.1) is 0 Å². The second-order valence-electron chi connectivity index (χ2n) is 5.75. The minimum Gasteiger partial charge on any atom is -0.364 e. The molecule has 3 nitrogen and oxygen atoms in total. The van der Waals surface area contributed by atoms with Crippen molar-refractivity contribution >= 4 is 9.84 Å². The number of rotatable bonds is 0. The van der Waals surface area contributed by atoms with Gasteiger partial charge in [-0.25, -0.2) is 8.42 Å². The Kier molecular flexibility index (Phi) is 1.54. The summed E-state index contributed by atoms with van der Waals surface area (Å²) >= 11 is 0. The maximum absolute atomic E-state index is 12.3. The zero-order chi connectivity index (χ0) is 12.0. The van der Waals surface area contributed by atoms with Gasteiger partial charge in [0.25, 0.3) is 0 Å². The molecule has 0 aromatic heterocycles. The number of hydrogen-bond donors (Lipinski definition) is 0. The third-order valence-electron chi connectivity index (χ3n) is 4.78. The first-order valence-corrected chi connectivity index (χ1v) is 7.48. The van der Waals surface area contributed by atoms with E-state index in [-0.39, 0.29) is 23.4 Å². The van der Waals surface area contributed by atoms with Crippen LogP contribution in [0.2, 0.25) is 0 Å². The highest BCUT2D eigenvalue weighted by molar-refractivity contribution is 7.95. The number of ether oxygens (including phenoxy) is 1. The molecular formula is C13H14O3S. The summed E-state index contributed by atoms with van der Waals surface area (Å²) in [5.41, 5.74) is 2.28. The van der Waals surface area contributed by atoms with E-state index in [0.717, 1.165) is 5.56 Å². The van der Waals surface area contributed by atoms with Crippen molar-refractivity contribution in [2.45, 2.75) is 36.1 Å². The van der Waals surface area contributed by atoms with Crippen LogP contribution in [0, 0.1) is 5.92 Å². The molecule has 0 saturated carbocycles. The van der Waals surface area contributed by atoms with Crippen molar-refractivity contribution in [1.82, 2.24) is 0 Å². The molecule has 3 aliphatic rings. The molecule has 0 N–H and O–H groups in total. The molecule has 90 valence electrons. The van der Waals surface area contributed by atoms with Crippen LogP contribution in [0.1, 0.15) is 37.2 Å². The van der Waals surface area contributed by atoms with Crippen molar-refractivity contribution in [2.75, 3.05) is 0 Å². The Bertz CT molecular complexity index is 617. The van der Waals surface area contributed by atoms with Crippen molar-refractivity contribution in [3.05, 3.63) is 35.4 Å². The van der Waals surface area contributed by atoms with Gasteiger partial charge < -0.3 is 4.74 Å². The Morgan fingerprint density at radius 3 is 2.35 bits per heavy atom. The Morgan fingerprint density at radius 2 is 1.71 bits per heavy atom. The highest BCUT2D eigenvalue weighted by atomic mass is 32.2. The molecule has 0 radical (unpaired) electrons. The first-order valence-electron chi connectivity index (χ1n) is 5.94. The van der Waals surface area contributed by atoms with Crippen molar-refractivity contribution in [3.8, 4) is 0 Å². The molecule has 0 amide bonds. The Hall–Kier alpha value is -0.870. The number of hydrogen-bond acceptors (Lipinski definition) is 3. The quantitative estimate of drug-likeness (QED) is 0.707. The molecule has 0 unspecified atom stereocenters. The molecule has 3 aliphatic heterocycles. The van der Waals surface area contributed by atoms with E-state index in [2.05, 4.69) is 6.07 Å². The molecule has 17 heavy (non-hydrogen) atoms. The van der Waals surface area contributed by atoms with E-state index in [1.807, 2.05) is 32.0 Å². The topological polar surface area (TPSA) is 43.4 Å². The first kappa shape index (κ1) is 10.1. The van der Waals surface area contributed by atoms with Crippen molar-refractivity contribution in [2.24, 2.45) is 5.92 Å². The van der Waals surface area contributed by atoms with E-state index in [9.17, 15) is 8.42 Å². The van der Waals surface area contributed by atoms with E-state index in [0.29, 0.717) is 0 Å². The van der Waals surface area contributed by atoms with Crippen molar-refractivity contribution < 1.29 is 13.2 Å². The summed E-state index contributed by atoms with van der Waals surface area (Å²) in [6, 6.07) is 8.01. The minimum atomic E-state index is -3.04. The highest BCUT2D eigenvalue weighted by Crippen LogP contribution is 2.67. The zero-order valence-electron chi connectivity index (χ0n) is 9.75. The van der Waals surface area contributed by atoms with Gasteiger partial charge in [0, 0.05) is 5.92 Å². The van der Waals surface area contributed by atoms with Crippen molar-refractivity contribution in [3.63, 3.8) is 0 Å². The maximum atomic E-state index is 12.3. The zero-order valence-corrected chi connectivity index (χ0v) is 10.6. The number of fused-ring (bicyclic) bond motifs is 8. The molecule has 0 spiro atoms. The fraction of sp³-hybridized carbons (Fsp3) is 0.538. The van der Waals surface area contributed by atoms with Crippen LogP contribution in [-0.4, -0.2) is 18.4 Å². The van der Waals surface area contributed by atoms with Gasteiger partial charge in [0.1, 0.15) is 6.10 Å². The lowest BCUT2D eigenvalue weighted by Gasteiger charge is -2.50. The van der Waals surface area contributed by atoms with Crippen LogP contribution in [-0.2, 0) is 14.6 Å². The lowest BCUT2D eigenvalue weighted by Crippen LogP contribution is -2.63. The van der Waals surface area contributed by atoms with Gasteiger partial charge in [0.15, 0.2) is 9.84 Å². The van der Waals surface area contributed by atoms with Gasteiger partial charge >= 0.3 is 0 Å². The molecule has 0 aliphatic carbocycles. The monoisotopic (exact) mass is 250 g/mol. The molecule has 1 aromatic rings. The molecule has 2 fully saturated rings.